The first-order valence-corrected chi connectivity index (χ1v) is 30.6. The minimum Gasteiger partial charge on any atom is -0.494 e. The molecule has 0 atom stereocenters. The molecule has 2 aromatic rings. The number of allylic oxidation sites excluding steroid dienone is 1. The summed E-state index contributed by atoms with van der Waals surface area (Å²) >= 11 is 6.04. The van der Waals surface area contributed by atoms with Gasteiger partial charge < -0.3 is 4.74 Å². The topological polar surface area (TPSA) is 26.3 Å². The van der Waals surface area contributed by atoms with Crippen LogP contribution >= 0.6 is 35.3 Å². The Hall–Kier alpha value is -1.30. The molecule has 0 aliphatic rings. The van der Waals surface area contributed by atoms with Crippen LogP contribution in [0.15, 0.2) is 57.2 Å². The second-order valence-corrected chi connectivity index (χ2v) is 22.2. The van der Waals surface area contributed by atoms with E-state index < -0.39 is 0 Å². The zero-order valence-electron chi connectivity index (χ0n) is 42.4. The molecule has 0 aromatic heterocycles. The van der Waals surface area contributed by atoms with Gasteiger partial charge in [0.2, 0.25) is 0 Å². The Kier molecular flexibility index (Phi) is 40.6. The van der Waals surface area contributed by atoms with Crippen molar-refractivity contribution in [2.45, 2.75) is 274 Å². The van der Waals surface area contributed by atoms with E-state index in [1.54, 1.807) is 6.08 Å². The van der Waals surface area contributed by atoms with E-state index in [1.807, 2.05) is 29.6 Å². The number of carbonyl (C=O) groups excluding carboxylic acids is 1. The molecule has 2 rings (SSSR count). The van der Waals surface area contributed by atoms with Crippen LogP contribution in [0.4, 0.5) is 0 Å². The molecule has 0 radical (unpaired) electrons. The summed E-state index contributed by atoms with van der Waals surface area (Å²) in [5.41, 5.74) is 1.87. The van der Waals surface area contributed by atoms with E-state index in [-0.39, 0.29) is 5.78 Å². The van der Waals surface area contributed by atoms with Gasteiger partial charge in [-0.2, -0.15) is 0 Å². The molecule has 0 saturated carbocycles. The number of thioether (sulfide) groups is 3. The number of ketones is 1. The first-order valence-electron chi connectivity index (χ1n) is 27.6. The molecule has 5 heteroatoms. The lowest BCUT2D eigenvalue weighted by molar-refractivity contribution is 0.104. The van der Waals surface area contributed by atoms with E-state index in [0.717, 1.165) is 47.2 Å². The summed E-state index contributed by atoms with van der Waals surface area (Å²) < 4.78 is 6.11. The first-order chi connectivity index (χ1) is 31.6. The molecule has 0 N–H and O–H groups in total. The van der Waals surface area contributed by atoms with Gasteiger partial charge in [0.25, 0.3) is 0 Å². The lowest BCUT2D eigenvalue weighted by Gasteiger charge is -2.16. The van der Waals surface area contributed by atoms with Crippen LogP contribution in [0.3, 0.4) is 0 Å². The van der Waals surface area contributed by atoms with Gasteiger partial charge in [-0.05, 0) is 78.8 Å². The Labute approximate surface area is 411 Å². The molecule has 0 unspecified atom stereocenters. The highest BCUT2D eigenvalue weighted by Crippen LogP contribution is 2.41. The van der Waals surface area contributed by atoms with Crippen molar-refractivity contribution in [3.05, 3.63) is 53.6 Å². The summed E-state index contributed by atoms with van der Waals surface area (Å²) in [6.07, 6.45) is 52.5. The van der Waals surface area contributed by atoms with Crippen molar-refractivity contribution in [3.8, 4) is 5.75 Å². The second-order valence-electron chi connectivity index (χ2n) is 18.8. The lowest BCUT2D eigenvalue weighted by Crippen LogP contribution is -1.99. The molecule has 0 fully saturated rings. The van der Waals surface area contributed by atoms with Gasteiger partial charge >= 0.3 is 0 Å². The van der Waals surface area contributed by atoms with Crippen molar-refractivity contribution in [2.75, 3.05) is 23.9 Å². The zero-order chi connectivity index (χ0) is 45.8. The fourth-order valence-corrected chi connectivity index (χ4v) is 12.2. The van der Waals surface area contributed by atoms with Gasteiger partial charge in [0.05, 0.1) is 6.61 Å². The third-order valence-corrected chi connectivity index (χ3v) is 16.4. The molecule has 2 nitrogen and oxygen atoms in total. The number of benzene rings is 2. The lowest BCUT2D eigenvalue weighted by atomic mass is 10.0. The fourth-order valence-electron chi connectivity index (χ4n) is 8.40. The molecule has 0 aliphatic heterocycles. The van der Waals surface area contributed by atoms with Gasteiger partial charge in [-0.25, -0.2) is 0 Å². The molecule has 0 aliphatic carbocycles. The molecule has 0 heterocycles. The van der Waals surface area contributed by atoms with Crippen molar-refractivity contribution < 1.29 is 9.53 Å². The molecule has 0 bridgehead atoms. The standard InChI is InChI=1S/C59H100O2S3/c1-5-9-13-17-21-22-23-24-25-26-27-28-29-30-31-32-33-37-47-61-55-44-41-53(42-45-55)43-46-56(60)54-51-57(62-48-38-34-18-14-10-6-2)59(64-50-40-36-20-16-12-8-4)58(52-54)63-49-39-35-19-15-11-7-3/h41-46,51-52H,5-40,47-50H2,1-4H3. The maximum absolute atomic E-state index is 13.9. The summed E-state index contributed by atoms with van der Waals surface area (Å²) in [6.45, 7) is 9.96. The molecular weight excluding hydrogens is 837 g/mol. The van der Waals surface area contributed by atoms with Gasteiger partial charge in [0.1, 0.15) is 5.75 Å². The first kappa shape index (κ1) is 58.8. The van der Waals surface area contributed by atoms with Gasteiger partial charge in [-0.3, -0.25) is 4.79 Å². The SMILES string of the molecule is CCCCCCCCCCCCCCCCCCCCOc1ccc(C=CC(=O)c2cc(SCCCCCCCC)c(SCCCCCCCC)c(SCCCCCCCC)c2)cc1. The highest BCUT2D eigenvalue weighted by atomic mass is 32.2. The third-order valence-electron chi connectivity index (χ3n) is 12.6. The number of unbranched alkanes of at least 4 members (excludes halogenated alkanes) is 32. The van der Waals surface area contributed by atoms with Crippen LogP contribution in [0.5, 0.6) is 5.75 Å². The normalized spacial score (nSPS) is 11.6. The maximum Gasteiger partial charge on any atom is 0.185 e. The van der Waals surface area contributed by atoms with Gasteiger partial charge in [-0.15, -0.1) is 35.3 Å². The summed E-state index contributed by atoms with van der Waals surface area (Å²) in [7, 11) is 0. The summed E-state index contributed by atoms with van der Waals surface area (Å²) in [4.78, 5) is 18.0. The van der Waals surface area contributed by atoms with E-state index in [1.165, 1.54) is 239 Å². The smallest absolute Gasteiger partial charge is 0.185 e. The van der Waals surface area contributed by atoms with Crippen LogP contribution in [0.2, 0.25) is 0 Å². The van der Waals surface area contributed by atoms with Crippen LogP contribution in [-0.4, -0.2) is 29.6 Å². The summed E-state index contributed by atoms with van der Waals surface area (Å²) in [5, 5.41) is 0. The number of carbonyl (C=O) groups is 1. The summed E-state index contributed by atoms with van der Waals surface area (Å²) in [5.74, 6) is 4.43. The number of ether oxygens (including phenoxy) is 1. The van der Waals surface area contributed by atoms with Crippen molar-refractivity contribution in [1.82, 2.24) is 0 Å². The fraction of sp³-hybridized carbons (Fsp3) is 0.746. The van der Waals surface area contributed by atoms with Gasteiger partial charge in [-0.1, -0.05) is 251 Å². The van der Waals surface area contributed by atoms with Crippen LogP contribution in [0, 0.1) is 0 Å². The minimum absolute atomic E-state index is 0.102. The van der Waals surface area contributed by atoms with Crippen LogP contribution < -0.4 is 4.74 Å². The Balaban J connectivity index is 1.86. The predicted molar refractivity (Wildman–Crippen MR) is 293 cm³/mol. The molecule has 0 spiro atoms. The predicted octanol–water partition coefficient (Wildman–Crippen LogP) is 21.4. The van der Waals surface area contributed by atoms with E-state index in [0.29, 0.717) is 0 Å². The highest BCUT2D eigenvalue weighted by Gasteiger charge is 2.16. The molecule has 366 valence electrons. The van der Waals surface area contributed by atoms with E-state index >= 15 is 0 Å². The summed E-state index contributed by atoms with van der Waals surface area (Å²) in [6, 6.07) is 12.7. The Morgan fingerprint density at radius 1 is 0.422 bits per heavy atom. The second kappa shape index (κ2) is 44.2. The average Bonchev–Trinajstić information content (AvgIpc) is 3.31. The van der Waals surface area contributed by atoms with E-state index in [4.69, 9.17) is 4.74 Å². The van der Waals surface area contributed by atoms with Crippen LogP contribution in [0.25, 0.3) is 6.08 Å². The van der Waals surface area contributed by atoms with E-state index in [2.05, 4.69) is 75.9 Å². The number of rotatable bonds is 47. The zero-order valence-corrected chi connectivity index (χ0v) is 44.9. The Bertz CT molecular complexity index is 1330. The molecule has 0 amide bonds. The van der Waals surface area contributed by atoms with Crippen molar-refractivity contribution in [2.24, 2.45) is 0 Å². The van der Waals surface area contributed by atoms with Gasteiger partial charge in [0, 0.05) is 20.2 Å². The Morgan fingerprint density at radius 2 is 0.750 bits per heavy atom. The average molecular weight is 938 g/mol. The number of hydrogen-bond acceptors (Lipinski definition) is 5. The maximum atomic E-state index is 13.9. The van der Waals surface area contributed by atoms with Crippen molar-refractivity contribution in [1.29, 1.82) is 0 Å². The molecule has 0 saturated heterocycles. The largest absolute Gasteiger partial charge is 0.494 e. The molecule has 2 aromatic carbocycles. The monoisotopic (exact) mass is 937 g/mol. The Morgan fingerprint density at radius 3 is 1.12 bits per heavy atom. The number of hydrogen-bond donors (Lipinski definition) is 0. The van der Waals surface area contributed by atoms with E-state index in [9.17, 15) is 4.79 Å². The molecule has 64 heavy (non-hydrogen) atoms. The van der Waals surface area contributed by atoms with Crippen molar-refractivity contribution in [3.63, 3.8) is 0 Å². The molecular formula is C59H100O2S3. The van der Waals surface area contributed by atoms with Gasteiger partial charge in [0.15, 0.2) is 5.78 Å². The highest BCUT2D eigenvalue weighted by molar-refractivity contribution is 8.03. The minimum atomic E-state index is 0.102. The quantitative estimate of drug-likeness (QED) is 0.0285. The van der Waals surface area contributed by atoms with Crippen LogP contribution in [0.1, 0.15) is 275 Å². The van der Waals surface area contributed by atoms with Crippen LogP contribution in [-0.2, 0) is 0 Å². The third kappa shape index (κ3) is 32.4. The van der Waals surface area contributed by atoms with Crippen molar-refractivity contribution >= 4 is 47.1 Å².